The first-order chi connectivity index (χ1) is 40.8. The summed E-state index contributed by atoms with van der Waals surface area (Å²) in [4.78, 5) is 35.2. The lowest BCUT2D eigenvalue weighted by atomic mass is 10.1. The summed E-state index contributed by atoms with van der Waals surface area (Å²) in [6, 6.07) is 0. The first kappa shape index (κ1) is 77.6. The Morgan fingerprint density at radius 3 is 0.964 bits per heavy atom. The number of ether oxygens (including phenoxy) is 2. The zero-order chi connectivity index (χ0) is 60.1. The molecule has 0 aromatic heterocycles. The Labute approximate surface area is 506 Å². The van der Waals surface area contributed by atoms with E-state index >= 15 is 0 Å². The third-order valence-electron chi connectivity index (χ3n) is 12.2. The number of unbranched alkanes of at least 4 members (excludes halogenated alkanes) is 9. The molecule has 0 amide bonds. The maximum atomic E-state index is 12.7. The summed E-state index contributed by atoms with van der Waals surface area (Å²) in [7, 11) is -4.43. The van der Waals surface area contributed by atoms with Crippen molar-refractivity contribution in [1.82, 2.24) is 0 Å². The molecule has 2 atom stereocenters. The summed E-state index contributed by atoms with van der Waals surface area (Å²) in [6.07, 6.45) is 102. The predicted molar refractivity (Wildman–Crippen MR) is 357 cm³/mol. The van der Waals surface area contributed by atoms with E-state index in [1.54, 1.807) is 0 Å². The van der Waals surface area contributed by atoms with Crippen LogP contribution in [0.3, 0.4) is 0 Å². The highest BCUT2D eigenvalue weighted by atomic mass is 31.2. The van der Waals surface area contributed by atoms with Crippen LogP contribution in [0.1, 0.15) is 206 Å². The highest BCUT2D eigenvalue weighted by molar-refractivity contribution is 7.47. The van der Waals surface area contributed by atoms with Gasteiger partial charge in [-0.3, -0.25) is 18.6 Å². The summed E-state index contributed by atoms with van der Waals surface area (Å²) >= 11 is 0. The van der Waals surface area contributed by atoms with Crippen molar-refractivity contribution in [2.75, 3.05) is 26.4 Å². The Bertz CT molecular complexity index is 2110. The van der Waals surface area contributed by atoms with Gasteiger partial charge in [0, 0.05) is 19.4 Å². The van der Waals surface area contributed by atoms with Crippen molar-refractivity contribution in [3.63, 3.8) is 0 Å². The zero-order valence-electron chi connectivity index (χ0n) is 51.6. The van der Waals surface area contributed by atoms with Gasteiger partial charge in [0.1, 0.15) is 6.61 Å². The quantitative estimate of drug-likeness (QED) is 0.0264. The van der Waals surface area contributed by atoms with Gasteiger partial charge in [-0.2, -0.15) is 0 Å². The molecule has 462 valence electrons. The number of allylic oxidation sites excluding steroid dienone is 34. The maximum Gasteiger partial charge on any atom is 0.472 e. The van der Waals surface area contributed by atoms with Gasteiger partial charge in [-0.1, -0.05) is 259 Å². The van der Waals surface area contributed by atoms with Gasteiger partial charge < -0.3 is 20.1 Å². The van der Waals surface area contributed by atoms with E-state index in [1.807, 2.05) is 6.08 Å². The van der Waals surface area contributed by atoms with Crippen LogP contribution in [-0.4, -0.2) is 49.3 Å². The summed E-state index contributed by atoms with van der Waals surface area (Å²) in [5.74, 6) is -0.926. The van der Waals surface area contributed by atoms with E-state index in [0.717, 1.165) is 135 Å². The molecule has 0 aromatic carbocycles. The van der Waals surface area contributed by atoms with E-state index in [4.69, 9.17) is 24.3 Å². The van der Waals surface area contributed by atoms with E-state index in [0.29, 0.717) is 19.3 Å². The fraction of sp³-hybridized carbons (Fsp3) is 0.507. The SMILES string of the molecule is CC/C=C\C/C=C\C/C=C\C/C=C\C/C=C\C/C=C\C/C=C\C/C=C\C/C=C\CCCC(=O)OC(COC(=O)CCCCCCCCCC/C=C\C/C=C\C/C=C\C/C=C\C/C=C\C/C=C\C/C=C\C/C=C\CC)COP(=O)(O)OCCN. The maximum absolute atomic E-state index is 12.7. The molecule has 0 saturated heterocycles. The summed E-state index contributed by atoms with van der Waals surface area (Å²) in [6.45, 7) is 3.40. The Morgan fingerprint density at radius 1 is 0.361 bits per heavy atom. The van der Waals surface area contributed by atoms with Crippen LogP contribution in [0.25, 0.3) is 0 Å². The molecule has 0 bridgehead atoms. The van der Waals surface area contributed by atoms with E-state index in [9.17, 15) is 19.0 Å². The molecule has 2 unspecified atom stereocenters. The standard InChI is InChI=1S/C73H112NO8P/c1-3-5-7-9-11-13-15-17-19-21-23-25-27-29-31-33-34-35-36-38-39-41-43-45-47-49-51-53-55-57-59-61-63-65-72(75)79-69-71(70-81-83(77,78)80-68-67-74)82-73(76)66-64-62-60-58-56-54-52-50-48-46-44-42-40-37-32-30-28-26-24-22-20-18-16-14-12-10-8-6-4-2/h5-8,11-14,17-20,23-26,29-32,34-35,38-40,42-43,45-46,48,52,54,58,60,71H,3-4,9-10,15-16,21-22,27-28,33,36-37,41,44,47,49-51,53,55-57,59,61-70,74H2,1-2H3,(H,77,78)/b7-5-,8-6-,13-11-,14-12-,19-17-,20-18-,25-23-,26-24-,31-29-,32-30-,35-34-,39-38-,42-40-,45-43-,48-46-,54-52-,60-58-. The minimum absolute atomic E-state index is 0.0307. The fourth-order valence-electron chi connectivity index (χ4n) is 7.59. The molecule has 3 N–H and O–H groups in total. The average Bonchev–Trinajstić information content (AvgIpc) is 3.49. The number of hydrogen-bond acceptors (Lipinski definition) is 8. The van der Waals surface area contributed by atoms with E-state index < -0.39 is 32.5 Å². The number of esters is 2. The minimum Gasteiger partial charge on any atom is -0.462 e. The van der Waals surface area contributed by atoms with Crippen LogP contribution in [0.2, 0.25) is 0 Å². The molecule has 9 nitrogen and oxygen atoms in total. The van der Waals surface area contributed by atoms with E-state index in [1.165, 1.54) is 25.7 Å². The molecule has 0 radical (unpaired) electrons. The molecular formula is C73H112NO8P. The molecule has 0 aliphatic carbocycles. The highest BCUT2D eigenvalue weighted by Gasteiger charge is 2.26. The molecule has 0 aliphatic rings. The van der Waals surface area contributed by atoms with Gasteiger partial charge in [-0.05, 0) is 141 Å². The molecule has 0 saturated carbocycles. The number of phosphoric ester groups is 1. The molecule has 0 heterocycles. The smallest absolute Gasteiger partial charge is 0.462 e. The Balaban J connectivity index is 4.14. The van der Waals surface area contributed by atoms with Crippen LogP contribution >= 0.6 is 7.82 Å². The largest absolute Gasteiger partial charge is 0.472 e. The molecule has 0 rings (SSSR count). The molecular weight excluding hydrogens is 1050 g/mol. The lowest BCUT2D eigenvalue weighted by Crippen LogP contribution is -2.29. The summed E-state index contributed by atoms with van der Waals surface area (Å²) in [5, 5.41) is 0. The van der Waals surface area contributed by atoms with Gasteiger partial charge in [0.15, 0.2) is 6.10 Å². The summed E-state index contributed by atoms with van der Waals surface area (Å²) in [5.41, 5.74) is 5.38. The normalized spacial score (nSPS) is 14.4. The van der Waals surface area contributed by atoms with Crippen LogP contribution in [-0.2, 0) is 32.7 Å². The molecule has 0 aromatic rings. The van der Waals surface area contributed by atoms with Crippen molar-refractivity contribution in [2.45, 2.75) is 213 Å². The molecule has 83 heavy (non-hydrogen) atoms. The third kappa shape index (κ3) is 65.6. The second-order valence-corrected chi connectivity index (χ2v) is 21.3. The lowest BCUT2D eigenvalue weighted by Gasteiger charge is -2.19. The molecule has 0 spiro atoms. The second-order valence-electron chi connectivity index (χ2n) is 19.8. The Kier molecular flexibility index (Phi) is 61.5. The van der Waals surface area contributed by atoms with Crippen molar-refractivity contribution in [3.8, 4) is 0 Å². The lowest BCUT2D eigenvalue weighted by molar-refractivity contribution is -0.161. The van der Waals surface area contributed by atoms with E-state index in [2.05, 4.69) is 214 Å². The second kappa shape index (κ2) is 65.7. The first-order valence-corrected chi connectivity index (χ1v) is 33.1. The van der Waals surface area contributed by atoms with Crippen LogP contribution in [0, 0.1) is 0 Å². The Hall–Kier alpha value is -5.41. The highest BCUT2D eigenvalue weighted by Crippen LogP contribution is 2.43. The molecule has 0 aliphatic heterocycles. The monoisotopic (exact) mass is 1160 g/mol. The van der Waals surface area contributed by atoms with E-state index in [-0.39, 0.29) is 32.6 Å². The average molecular weight is 1160 g/mol. The van der Waals surface area contributed by atoms with Gasteiger partial charge >= 0.3 is 19.8 Å². The van der Waals surface area contributed by atoms with Crippen molar-refractivity contribution >= 4 is 19.8 Å². The zero-order valence-corrected chi connectivity index (χ0v) is 52.5. The number of rotatable bonds is 56. The van der Waals surface area contributed by atoms with Crippen molar-refractivity contribution < 1.29 is 37.6 Å². The minimum atomic E-state index is -4.43. The van der Waals surface area contributed by atoms with Crippen LogP contribution in [0.15, 0.2) is 207 Å². The number of carbonyl (C=O) groups excluding carboxylic acids is 2. The van der Waals surface area contributed by atoms with Crippen LogP contribution in [0.4, 0.5) is 0 Å². The molecule has 0 fully saturated rings. The van der Waals surface area contributed by atoms with Crippen molar-refractivity contribution in [3.05, 3.63) is 207 Å². The topological polar surface area (TPSA) is 134 Å². The summed E-state index contributed by atoms with van der Waals surface area (Å²) < 4.78 is 33.0. The predicted octanol–water partition coefficient (Wildman–Crippen LogP) is 20.7. The van der Waals surface area contributed by atoms with Crippen molar-refractivity contribution in [1.29, 1.82) is 0 Å². The van der Waals surface area contributed by atoms with Crippen LogP contribution in [0.5, 0.6) is 0 Å². The van der Waals surface area contributed by atoms with Gasteiger partial charge in [-0.15, -0.1) is 0 Å². The van der Waals surface area contributed by atoms with Gasteiger partial charge in [0.05, 0.1) is 13.2 Å². The molecule has 10 heteroatoms. The van der Waals surface area contributed by atoms with Gasteiger partial charge in [-0.25, -0.2) is 4.57 Å². The number of phosphoric acid groups is 1. The number of hydrogen-bond donors (Lipinski definition) is 2. The van der Waals surface area contributed by atoms with Crippen LogP contribution < -0.4 is 5.73 Å². The number of nitrogens with two attached hydrogens (primary N) is 1. The first-order valence-electron chi connectivity index (χ1n) is 31.6. The van der Waals surface area contributed by atoms with Gasteiger partial charge in [0.2, 0.25) is 0 Å². The number of carbonyl (C=O) groups is 2. The fourth-order valence-corrected chi connectivity index (χ4v) is 8.36. The third-order valence-corrected chi connectivity index (χ3v) is 13.1. The Morgan fingerprint density at radius 2 is 0.639 bits per heavy atom. The van der Waals surface area contributed by atoms with Crippen molar-refractivity contribution in [2.24, 2.45) is 5.73 Å². The van der Waals surface area contributed by atoms with Gasteiger partial charge in [0.25, 0.3) is 0 Å².